The van der Waals surface area contributed by atoms with Gasteiger partial charge in [-0.25, -0.2) is 9.78 Å². The van der Waals surface area contributed by atoms with E-state index in [1.807, 2.05) is 0 Å². The number of carbonyl (C=O) groups is 1. The van der Waals surface area contributed by atoms with E-state index in [9.17, 15) is 23.1 Å². The average Bonchev–Trinajstić information content (AvgIpc) is 2.53. The van der Waals surface area contributed by atoms with Crippen LogP contribution in [0.2, 0.25) is 0 Å². The molecule has 23 heavy (non-hydrogen) atoms. The SMILES string of the molecule is O=C(O)c1cc(-c2cccnc2)nc2ccc(C(F)(F)F)cc12. The van der Waals surface area contributed by atoms with Crippen molar-refractivity contribution >= 4 is 16.9 Å². The zero-order valence-corrected chi connectivity index (χ0v) is 11.5. The number of fused-ring (bicyclic) bond motifs is 1. The first-order valence-corrected chi connectivity index (χ1v) is 6.52. The van der Waals surface area contributed by atoms with Gasteiger partial charge in [0, 0.05) is 23.3 Å². The van der Waals surface area contributed by atoms with Crippen LogP contribution in [-0.2, 0) is 6.18 Å². The smallest absolute Gasteiger partial charge is 0.416 e. The molecule has 1 N–H and O–H groups in total. The number of hydrogen-bond donors (Lipinski definition) is 1. The van der Waals surface area contributed by atoms with Gasteiger partial charge in [0.25, 0.3) is 0 Å². The zero-order chi connectivity index (χ0) is 16.6. The number of carboxylic acids is 1. The average molecular weight is 318 g/mol. The van der Waals surface area contributed by atoms with Crippen molar-refractivity contribution in [3.8, 4) is 11.3 Å². The zero-order valence-electron chi connectivity index (χ0n) is 11.5. The Morgan fingerprint density at radius 2 is 1.91 bits per heavy atom. The van der Waals surface area contributed by atoms with Crippen LogP contribution in [-0.4, -0.2) is 21.0 Å². The number of alkyl halides is 3. The molecule has 2 heterocycles. The summed E-state index contributed by atoms with van der Waals surface area (Å²) in [4.78, 5) is 19.6. The second kappa shape index (κ2) is 5.35. The maximum Gasteiger partial charge on any atom is 0.416 e. The Morgan fingerprint density at radius 3 is 2.52 bits per heavy atom. The quantitative estimate of drug-likeness (QED) is 0.775. The molecular weight excluding hydrogens is 309 g/mol. The van der Waals surface area contributed by atoms with Crippen LogP contribution in [0.5, 0.6) is 0 Å². The molecule has 1 aromatic carbocycles. The Bertz CT molecular complexity index is 893. The first kappa shape index (κ1) is 15.0. The van der Waals surface area contributed by atoms with E-state index in [0.29, 0.717) is 11.3 Å². The van der Waals surface area contributed by atoms with Crippen molar-refractivity contribution in [1.29, 1.82) is 0 Å². The number of aromatic nitrogens is 2. The fourth-order valence-electron chi connectivity index (χ4n) is 2.24. The van der Waals surface area contributed by atoms with Crippen LogP contribution in [0.15, 0.2) is 48.8 Å². The maximum atomic E-state index is 12.8. The lowest BCUT2D eigenvalue weighted by Crippen LogP contribution is -2.06. The molecule has 3 rings (SSSR count). The van der Waals surface area contributed by atoms with E-state index < -0.39 is 17.7 Å². The normalized spacial score (nSPS) is 11.6. The van der Waals surface area contributed by atoms with Crippen LogP contribution in [0, 0.1) is 0 Å². The van der Waals surface area contributed by atoms with Crippen LogP contribution >= 0.6 is 0 Å². The highest BCUT2D eigenvalue weighted by Crippen LogP contribution is 2.33. The van der Waals surface area contributed by atoms with Crippen molar-refractivity contribution in [2.24, 2.45) is 0 Å². The fourth-order valence-corrected chi connectivity index (χ4v) is 2.24. The van der Waals surface area contributed by atoms with Gasteiger partial charge in [0.05, 0.1) is 22.3 Å². The number of rotatable bonds is 2. The van der Waals surface area contributed by atoms with E-state index in [4.69, 9.17) is 0 Å². The summed E-state index contributed by atoms with van der Waals surface area (Å²) < 4.78 is 38.5. The van der Waals surface area contributed by atoms with Gasteiger partial charge in [-0.3, -0.25) is 4.98 Å². The molecule has 7 heteroatoms. The van der Waals surface area contributed by atoms with E-state index in [2.05, 4.69) is 9.97 Å². The van der Waals surface area contributed by atoms with E-state index in [-0.39, 0.29) is 16.5 Å². The van der Waals surface area contributed by atoms with E-state index in [0.717, 1.165) is 12.1 Å². The van der Waals surface area contributed by atoms with Crippen molar-refractivity contribution in [3.63, 3.8) is 0 Å². The van der Waals surface area contributed by atoms with E-state index >= 15 is 0 Å². The molecule has 0 bridgehead atoms. The third-order valence-corrected chi connectivity index (χ3v) is 3.32. The van der Waals surface area contributed by atoms with Gasteiger partial charge in [0.1, 0.15) is 0 Å². The standard InChI is InChI=1S/C16H9F3N2O2/c17-16(18,19)10-3-4-13-11(6-10)12(15(22)23)7-14(21-13)9-2-1-5-20-8-9/h1-8H,(H,22,23). The number of halogens is 3. The molecule has 0 atom stereocenters. The number of aromatic carboxylic acids is 1. The van der Waals surface area contributed by atoms with Crippen LogP contribution in [0.4, 0.5) is 13.2 Å². The minimum atomic E-state index is -4.55. The number of benzene rings is 1. The Balaban J connectivity index is 2.28. The second-order valence-corrected chi connectivity index (χ2v) is 4.83. The predicted molar refractivity (Wildman–Crippen MR) is 76.9 cm³/mol. The number of nitrogens with zero attached hydrogens (tertiary/aromatic N) is 2. The van der Waals surface area contributed by atoms with Gasteiger partial charge in [0.2, 0.25) is 0 Å². The third kappa shape index (κ3) is 2.85. The minimum absolute atomic E-state index is 0.0556. The van der Waals surface area contributed by atoms with Crippen molar-refractivity contribution in [3.05, 3.63) is 59.9 Å². The van der Waals surface area contributed by atoms with Gasteiger partial charge in [-0.05, 0) is 36.4 Å². The molecule has 3 aromatic rings. The second-order valence-electron chi connectivity index (χ2n) is 4.83. The highest BCUT2D eigenvalue weighted by molar-refractivity contribution is 6.04. The molecule has 0 aliphatic carbocycles. The Labute approximate surface area is 128 Å². The molecule has 0 amide bonds. The molecule has 0 radical (unpaired) electrons. The van der Waals surface area contributed by atoms with Gasteiger partial charge >= 0.3 is 12.1 Å². The Kier molecular flexibility index (Phi) is 3.48. The summed E-state index contributed by atoms with van der Waals surface area (Å²) in [6.45, 7) is 0. The van der Waals surface area contributed by atoms with Gasteiger partial charge < -0.3 is 5.11 Å². The van der Waals surface area contributed by atoms with Gasteiger partial charge in [0.15, 0.2) is 0 Å². The van der Waals surface area contributed by atoms with Gasteiger partial charge in [-0.1, -0.05) is 0 Å². The summed E-state index contributed by atoms with van der Waals surface area (Å²) in [5.74, 6) is -1.32. The maximum absolute atomic E-state index is 12.8. The molecule has 0 spiro atoms. The summed E-state index contributed by atoms with van der Waals surface area (Å²) in [5, 5.41) is 9.27. The highest BCUT2D eigenvalue weighted by Gasteiger charge is 2.31. The molecule has 0 aliphatic heterocycles. The lowest BCUT2D eigenvalue weighted by Gasteiger charge is -2.10. The Morgan fingerprint density at radius 1 is 1.13 bits per heavy atom. The van der Waals surface area contributed by atoms with Gasteiger partial charge in [-0.15, -0.1) is 0 Å². The lowest BCUT2D eigenvalue weighted by molar-refractivity contribution is -0.137. The molecule has 4 nitrogen and oxygen atoms in total. The van der Waals surface area contributed by atoms with Crippen molar-refractivity contribution in [1.82, 2.24) is 9.97 Å². The van der Waals surface area contributed by atoms with E-state index in [1.54, 1.807) is 18.3 Å². The molecule has 116 valence electrons. The Hall–Kier alpha value is -2.96. The molecule has 0 saturated carbocycles. The minimum Gasteiger partial charge on any atom is -0.478 e. The summed E-state index contributed by atoms with van der Waals surface area (Å²) in [6, 6.07) is 7.46. The predicted octanol–water partition coefficient (Wildman–Crippen LogP) is 4.01. The summed E-state index contributed by atoms with van der Waals surface area (Å²) in [7, 11) is 0. The van der Waals surface area contributed by atoms with Crippen LogP contribution in [0.25, 0.3) is 22.2 Å². The topological polar surface area (TPSA) is 63.1 Å². The molecule has 0 unspecified atom stereocenters. The number of carboxylic acid groups (broad SMARTS) is 1. The number of pyridine rings is 2. The summed E-state index contributed by atoms with van der Waals surface area (Å²) in [6.07, 6.45) is -1.49. The van der Waals surface area contributed by atoms with E-state index in [1.165, 1.54) is 18.3 Å². The molecule has 0 aliphatic rings. The molecular formula is C16H9F3N2O2. The summed E-state index contributed by atoms with van der Waals surface area (Å²) in [5.41, 5.74) is -0.0558. The molecule has 2 aromatic heterocycles. The first-order chi connectivity index (χ1) is 10.9. The lowest BCUT2D eigenvalue weighted by atomic mass is 10.0. The molecule has 0 fully saturated rings. The largest absolute Gasteiger partial charge is 0.478 e. The van der Waals surface area contributed by atoms with Crippen LogP contribution in [0.1, 0.15) is 15.9 Å². The van der Waals surface area contributed by atoms with Crippen LogP contribution < -0.4 is 0 Å². The highest BCUT2D eigenvalue weighted by atomic mass is 19.4. The summed E-state index contributed by atoms with van der Waals surface area (Å²) >= 11 is 0. The van der Waals surface area contributed by atoms with Gasteiger partial charge in [-0.2, -0.15) is 13.2 Å². The third-order valence-electron chi connectivity index (χ3n) is 3.32. The first-order valence-electron chi connectivity index (χ1n) is 6.52. The molecule has 0 saturated heterocycles. The van der Waals surface area contributed by atoms with Crippen molar-refractivity contribution in [2.75, 3.05) is 0 Å². The van der Waals surface area contributed by atoms with Crippen molar-refractivity contribution in [2.45, 2.75) is 6.18 Å². The number of hydrogen-bond acceptors (Lipinski definition) is 3. The van der Waals surface area contributed by atoms with Crippen molar-refractivity contribution < 1.29 is 23.1 Å². The van der Waals surface area contributed by atoms with Crippen LogP contribution in [0.3, 0.4) is 0 Å². The monoisotopic (exact) mass is 318 g/mol. The fraction of sp³-hybridized carbons (Fsp3) is 0.0625.